The average Bonchev–Trinajstić information content (AvgIpc) is 2.94. The van der Waals surface area contributed by atoms with Crippen molar-refractivity contribution in [3.8, 4) is 23.0 Å². The second kappa shape index (κ2) is 13.2. The van der Waals surface area contributed by atoms with Crippen LogP contribution in [0.5, 0.6) is 23.0 Å². The maximum Gasteiger partial charge on any atom is 0.310 e. The van der Waals surface area contributed by atoms with Crippen LogP contribution >= 0.6 is 0 Å². The van der Waals surface area contributed by atoms with Crippen LogP contribution in [-0.4, -0.2) is 52.3 Å². The maximum absolute atomic E-state index is 13.1. The molecular weight excluding hydrogens is 486 g/mol. The first kappa shape index (κ1) is 28.1. The topological polar surface area (TPSA) is 83.5 Å². The minimum atomic E-state index is -0.429. The van der Waals surface area contributed by atoms with Crippen LogP contribution in [0.15, 0.2) is 60.7 Å². The zero-order chi connectivity index (χ0) is 27.7. The lowest BCUT2D eigenvalue weighted by atomic mass is 9.97. The highest BCUT2D eigenvalue weighted by Gasteiger charge is 2.23. The molecule has 1 amide bonds. The van der Waals surface area contributed by atoms with Crippen LogP contribution in [0, 0.1) is 0 Å². The van der Waals surface area contributed by atoms with Crippen LogP contribution in [-0.2, 0) is 27.3 Å². The van der Waals surface area contributed by atoms with E-state index in [1.54, 1.807) is 37.3 Å². The zero-order valence-electron chi connectivity index (χ0n) is 22.6. The van der Waals surface area contributed by atoms with E-state index in [4.69, 9.17) is 23.7 Å². The molecule has 0 fully saturated rings. The Bertz CT molecular complexity index is 1300. The summed E-state index contributed by atoms with van der Waals surface area (Å²) in [6.45, 7) is 1.81. The van der Waals surface area contributed by atoms with Gasteiger partial charge < -0.3 is 28.6 Å². The van der Waals surface area contributed by atoms with E-state index in [9.17, 15) is 9.59 Å². The van der Waals surface area contributed by atoms with E-state index >= 15 is 0 Å². The molecule has 3 rings (SSSR count). The Kier molecular flexibility index (Phi) is 9.76. The molecule has 0 spiro atoms. The highest BCUT2D eigenvalue weighted by Crippen LogP contribution is 2.37. The molecule has 0 aliphatic carbocycles. The number of amides is 1. The molecule has 0 heterocycles. The van der Waals surface area contributed by atoms with Gasteiger partial charge in [0.2, 0.25) is 5.91 Å². The first-order valence-electron chi connectivity index (χ1n) is 11.9. The summed E-state index contributed by atoms with van der Waals surface area (Å²) in [7, 11) is 7.52. The quantitative estimate of drug-likeness (QED) is 0.261. The van der Waals surface area contributed by atoms with Crippen molar-refractivity contribution in [1.29, 1.82) is 0 Å². The van der Waals surface area contributed by atoms with Crippen molar-refractivity contribution in [2.75, 3.05) is 35.5 Å². The number of hydrogen-bond donors (Lipinski definition) is 0. The largest absolute Gasteiger partial charge is 0.493 e. The average molecular weight is 520 g/mol. The lowest BCUT2D eigenvalue weighted by Gasteiger charge is -2.27. The smallest absolute Gasteiger partial charge is 0.310 e. The fraction of sp³-hybridized carbons (Fsp3) is 0.267. The molecule has 0 aromatic heterocycles. The third-order valence-corrected chi connectivity index (χ3v) is 6.01. The van der Waals surface area contributed by atoms with E-state index in [0.29, 0.717) is 46.4 Å². The molecule has 0 aliphatic rings. The molecule has 0 radical (unpaired) electrons. The minimum Gasteiger partial charge on any atom is -0.493 e. The van der Waals surface area contributed by atoms with Gasteiger partial charge >= 0.3 is 5.97 Å². The molecule has 8 heteroatoms. The number of hydrogen-bond acceptors (Lipinski definition) is 7. The summed E-state index contributed by atoms with van der Waals surface area (Å²) in [4.78, 5) is 27.2. The van der Waals surface area contributed by atoms with Crippen LogP contribution in [0.2, 0.25) is 0 Å². The molecule has 8 nitrogen and oxygen atoms in total. The van der Waals surface area contributed by atoms with Crippen LogP contribution in [0.25, 0.3) is 11.8 Å². The molecule has 0 aliphatic heterocycles. The third kappa shape index (κ3) is 6.64. The second-order valence-corrected chi connectivity index (χ2v) is 8.35. The Morgan fingerprint density at radius 2 is 1.37 bits per heavy atom. The van der Waals surface area contributed by atoms with E-state index in [-0.39, 0.29) is 12.3 Å². The molecule has 200 valence electrons. The standard InChI is InChI=1S/C30H33NO7/c1-20(32)31(19-21-10-8-7-9-11-21)25(14-22-12-13-26(34-2)27(15-22)35-3)24-18-29(37-5)28(36-4)16-23(24)17-30(33)38-6/h7-16,18H,17,19H2,1-6H3/b25-14-. The summed E-state index contributed by atoms with van der Waals surface area (Å²) in [5, 5.41) is 0. The van der Waals surface area contributed by atoms with E-state index < -0.39 is 5.97 Å². The Labute approximate surface area is 223 Å². The molecular formula is C30H33NO7. The second-order valence-electron chi connectivity index (χ2n) is 8.35. The first-order valence-corrected chi connectivity index (χ1v) is 11.9. The molecule has 0 unspecified atom stereocenters. The van der Waals surface area contributed by atoms with E-state index in [0.717, 1.165) is 11.1 Å². The van der Waals surface area contributed by atoms with E-state index in [1.807, 2.05) is 48.5 Å². The summed E-state index contributed by atoms with van der Waals surface area (Å²) < 4.78 is 26.9. The molecule has 0 bridgehead atoms. The van der Waals surface area contributed by atoms with Gasteiger partial charge in [0.1, 0.15) is 0 Å². The van der Waals surface area contributed by atoms with Gasteiger partial charge in [0.25, 0.3) is 0 Å². The van der Waals surface area contributed by atoms with E-state index in [2.05, 4.69) is 0 Å². The maximum atomic E-state index is 13.1. The third-order valence-electron chi connectivity index (χ3n) is 6.01. The van der Waals surface area contributed by atoms with Crippen molar-refractivity contribution in [1.82, 2.24) is 4.90 Å². The lowest BCUT2D eigenvalue weighted by Crippen LogP contribution is -2.27. The molecule has 38 heavy (non-hydrogen) atoms. The number of nitrogens with zero attached hydrogens (tertiary/aromatic N) is 1. The van der Waals surface area contributed by atoms with Gasteiger partial charge in [0.15, 0.2) is 23.0 Å². The predicted molar refractivity (Wildman–Crippen MR) is 145 cm³/mol. The number of esters is 1. The predicted octanol–water partition coefficient (Wildman–Crippen LogP) is 4.98. The Hall–Kier alpha value is -4.46. The summed E-state index contributed by atoms with van der Waals surface area (Å²) in [6, 6.07) is 18.6. The Morgan fingerprint density at radius 3 is 1.95 bits per heavy atom. The lowest BCUT2D eigenvalue weighted by molar-refractivity contribution is -0.139. The van der Waals surface area contributed by atoms with Crippen LogP contribution in [0.1, 0.15) is 29.2 Å². The fourth-order valence-electron chi connectivity index (χ4n) is 4.07. The monoisotopic (exact) mass is 519 g/mol. The van der Waals surface area contributed by atoms with Crippen molar-refractivity contribution < 1.29 is 33.3 Å². The first-order chi connectivity index (χ1) is 18.3. The highest BCUT2D eigenvalue weighted by molar-refractivity contribution is 5.93. The number of rotatable bonds is 11. The molecule has 0 saturated heterocycles. The van der Waals surface area contributed by atoms with Gasteiger partial charge in [-0.2, -0.15) is 0 Å². The van der Waals surface area contributed by atoms with Crippen molar-refractivity contribution in [2.45, 2.75) is 19.9 Å². The van der Waals surface area contributed by atoms with Crippen molar-refractivity contribution in [3.63, 3.8) is 0 Å². The van der Waals surface area contributed by atoms with Crippen molar-refractivity contribution in [2.24, 2.45) is 0 Å². The van der Waals surface area contributed by atoms with Gasteiger partial charge in [-0.1, -0.05) is 36.4 Å². The van der Waals surface area contributed by atoms with E-state index in [1.165, 1.54) is 28.3 Å². The number of carbonyl (C=O) groups excluding carboxylic acids is 2. The number of benzene rings is 3. The summed E-state index contributed by atoms with van der Waals surface area (Å²) in [5.74, 6) is 1.42. The minimum absolute atomic E-state index is 0.0352. The SMILES string of the molecule is COC(=O)Cc1cc(OC)c(OC)cc1/C(=C/c1ccc(OC)c(OC)c1)N(Cc1ccccc1)C(C)=O. The summed E-state index contributed by atoms with van der Waals surface area (Å²) >= 11 is 0. The normalized spacial score (nSPS) is 10.9. The summed E-state index contributed by atoms with van der Waals surface area (Å²) in [5.41, 5.74) is 3.50. The van der Waals surface area contributed by atoms with Gasteiger partial charge in [-0.05, 0) is 47.0 Å². The van der Waals surface area contributed by atoms with Crippen molar-refractivity contribution >= 4 is 23.6 Å². The van der Waals surface area contributed by atoms with Gasteiger partial charge in [-0.25, -0.2) is 0 Å². The van der Waals surface area contributed by atoms with Crippen LogP contribution < -0.4 is 18.9 Å². The van der Waals surface area contributed by atoms with Crippen LogP contribution in [0.3, 0.4) is 0 Å². The Balaban J connectivity index is 2.31. The number of methoxy groups -OCH3 is 5. The fourth-order valence-corrected chi connectivity index (χ4v) is 4.07. The molecule has 0 atom stereocenters. The van der Waals surface area contributed by atoms with Crippen LogP contribution in [0.4, 0.5) is 0 Å². The highest BCUT2D eigenvalue weighted by atomic mass is 16.5. The number of carbonyl (C=O) groups is 2. The molecule has 0 N–H and O–H groups in total. The van der Waals surface area contributed by atoms with Crippen molar-refractivity contribution in [3.05, 3.63) is 82.9 Å². The van der Waals surface area contributed by atoms with Gasteiger partial charge in [0, 0.05) is 12.5 Å². The zero-order valence-corrected chi connectivity index (χ0v) is 22.6. The Morgan fingerprint density at radius 1 is 0.763 bits per heavy atom. The number of ether oxygens (including phenoxy) is 5. The van der Waals surface area contributed by atoms with Gasteiger partial charge in [0.05, 0.1) is 54.2 Å². The molecule has 3 aromatic carbocycles. The van der Waals surface area contributed by atoms with Gasteiger partial charge in [-0.3, -0.25) is 9.59 Å². The molecule has 0 saturated carbocycles. The van der Waals surface area contributed by atoms with Gasteiger partial charge in [-0.15, -0.1) is 0 Å². The summed E-state index contributed by atoms with van der Waals surface area (Å²) in [6.07, 6.45) is 1.83. The molecule has 3 aromatic rings.